The lowest BCUT2D eigenvalue weighted by molar-refractivity contribution is -0.136. The van der Waals surface area contributed by atoms with E-state index in [0.717, 1.165) is 37.2 Å². The molecule has 3 heterocycles. The Morgan fingerprint density at radius 2 is 2.00 bits per heavy atom. The van der Waals surface area contributed by atoms with E-state index in [1.807, 2.05) is 12.1 Å². The summed E-state index contributed by atoms with van der Waals surface area (Å²) in [6.07, 6.45) is 5.42. The maximum Gasteiger partial charge on any atom is 0.255 e. The van der Waals surface area contributed by atoms with E-state index in [9.17, 15) is 14.4 Å². The summed E-state index contributed by atoms with van der Waals surface area (Å²) >= 11 is 0. The van der Waals surface area contributed by atoms with Crippen LogP contribution in [0.5, 0.6) is 0 Å². The zero-order chi connectivity index (χ0) is 20.2. The number of carbonyl (C=O) groups is 3. The molecule has 7 nitrogen and oxygen atoms in total. The van der Waals surface area contributed by atoms with Crippen LogP contribution in [0, 0.1) is 5.41 Å². The van der Waals surface area contributed by atoms with Gasteiger partial charge in [-0.15, -0.1) is 0 Å². The molecule has 3 aliphatic heterocycles. The zero-order valence-corrected chi connectivity index (χ0v) is 16.7. The number of imide groups is 1. The van der Waals surface area contributed by atoms with Crippen molar-refractivity contribution in [2.24, 2.45) is 11.1 Å². The molecule has 1 aromatic rings. The number of piperidine rings is 2. The predicted octanol–water partition coefficient (Wildman–Crippen LogP) is 1.15. The van der Waals surface area contributed by atoms with Gasteiger partial charge < -0.3 is 10.6 Å². The number of benzene rings is 1. The fourth-order valence-electron chi connectivity index (χ4n) is 5.60. The van der Waals surface area contributed by atoms with Crippen molar-refractivity contribution in [3.63, 3.8) is 0 Å². The van der Waals surface area contributed by atoms with E-state index in [0.29, 0.717) is 24.6 Å². The van der Waals surface area contributed by atoms with Crippen molar-refractivity contribution in [1.29, 1.82) is 0 Å². The molecule has 3 fully saturated rings. The minimum atomic E-state index is -0.563. The second-order valence-electron chi connectivity index (χ2n) is 9.16. The summed E-state index contributed by atoms with van der Waals surface area (Å²) in [5.41, 5.74) is 9.59. The number of nitrogens with zero attached hydrogens (tertiary/aromatic N) is 2. The highest BCUT2D eigenvalue weighted by atomic mass is 16.2. The van der Waals surface area contributed by atoms with Gasteiger partial charge in [0, 0.05) is 44.2 Å². The van der Waals surface area contributed by atoms with Gasteiger partial charge in [0.2, 0.25) is 11.8 Å². The molecular weight excluding hydrogens is 368 g/mol. The number of carbonyl (C=O) groups excluding carboxylic acids is 3. The van der Waals surface area contributed by atoms with E-state index in [2.05, 4.69) is 16.3 Å². The number of nitrogens with two attached hydrogens (primary N) is 1. The maximum absolute atomic E-state index is 13.0. The Kier molecular flexibility index (Phi) is 4.47. The van der Waals surface area contributed by atoms with Gasteiger partial charge in [-0.1, -0.05) is 18.6 Å². The van der Waals surface area contributed by atoms with Crippen LogP contribution >= 0.6 is 0 Å². The summed E-state index contributed by atoms with van der Waals surface area (Å²) in [7, 11) is 0. The summed E-state index contributed by atoms with van der Waals surface area (Å²) in [5, 5.41) is 2.37. The fraction of sp³-hybridized carbons (Fsp3) is 0.591. The molecule has 1 aromatic carbocycles. The van der Waals surface area contributed by atoms with Crippen molar-refractivity contribution in [1.82, 2.24) is 15.1 Å². The number of amides is 3. The molecular formula is C22H28N4O3. The molecule has 154 valence electrons. The normalized spacial score (nSPS) is 29.0. The summed E-state index contributed by atoms with van der Waals surface area (Å²) in [6.45, 7) is 3.27. The second kappa shape index (κ2) is 6.92. The third-order valence-corrected chi connectivity index (χ3v) is 7.50. The Bertz CT molecular complexity index is 879. The van der Waals surface area contributed by atoms with Crippen LogP contribution in [0.15, 0.2) is 18.2 Å². The number of hydrogen-bond donors (Lipinski definition) is 2. The number of nitrogens with one attached hydrogen (secondary N) is 1. The molecule has 2 atom stereocenters. The third-order valence-electron chi connectivity index (χ3n) is 7.50. The monoisotopic (exact) mass is 396 g/mol. The molecule has 0 aromatic heterocycles. The molecule has 3 amide bonds. The summed E-state index contributed by atoms with van der Waals surface area (Å²) in [6, 6.07) is 5.63. The van der Waals surface area contributed by atoms with Gasteiger partial charge in [0.1, 0.15) is 6.04 Å². The molecule has 3 N–H and O–H groups in total. The molecule has 2 unspecified atom stereocenters. The molecule has 2 saturated heterocycles. The van der Waals surface area contributed by atoms with Crippen LogP contribution < -0.4 is 11.1 Å². The SMILES string of the molecule is NC1CCN(Cc2cccc3c2CN(C2CCC(=O)NC2=O)C3=O)CC12CCC2. The third kappa shape index (κ3) is 3.07. The summed E-state index contributed by atoms with van der Waals surface area (Å²) in [5.74, 6) is -0.724. The van der Waals surface area contributed by atoms with Crippen LogP contribution in [0.4, 0.5) is 0 Å². The Morgan fingerprint density at radius 3 is 2.72 bits per heavy atom. The first kappa shape index (κ1) is 18.8. The zero-order valence-electron chi connectivity index (χ0n) is 16.7. The molecule has 1 spiro atoms. The molecule has 7 heteroatoms. The Hall–Kier alpha value is -2.25. The van der Waals surface area contributed by atoms with E-state index in [4.69, 9.17) is 5.73 Å². The van der Waals surface area contributed by atoms with Gasteiger partial charge >= 0.3 is 0 Å². The highest BCUT2D eigenvalue weighted by molar-refractivity contribution is 6.05. The molecule has 1 saturated carbocycles. The molecule has 0 bridgehead atoms. The van der Waals surface area contributed by atoms with Gasteiger partial charge in [0.15, 0.2) is 0 Å². The average molecular weight is 396 g/mol. The number of likely N-dealkylation sites (tertiary alicyclic amines) is 1. The summed E-state index contributed by atoms with van der Waals surface area (Å²) in [4.78, 5) is 40.9. The van der Waals surface area contributed by atoms with Crippen LogP contribution in [0.1, 0.15) is 60.0 Å². The van der Waals surface area contributed by atoms with Crippen LogP contribution in [0.2, 0.25) is 0 Å². The smallest absolute Gasteiger partial charge is 0.255 e. The second-order valence-corrected chi connectivity index (χ2v) is 9.16. The van der Waals surface area contributed by atoms with Crippen molar-refractivity contribution in [3.8, 4) is 0 Å². The van der Waals surface area contributed by atoms with Crippen LogP contribution in [-0.2, 0) is 22.7 Å². The minimum Gasteiger partial charge on any atom is -0.327 e. The Balaban J connectivity index is 1.34. The first-order valence-corrected chi connectivity index (χ1v) is 10.7. The largest absolute Gasteiger partial charge is 0.327 e. The quantitative estimate of drug-likeness (QED) is 0.748. The first-order valence-electron chi connectivity index (χ1n) is 10.7. The molecule has 0 radical (unpaired) electrons. The number of fused-ring (bicyclic) bond motifs is 1. The van der Waals surface area contributed by atoms with Crippen LogP contribution in [-0.4, -0.2) is 52.7 Å². The number of rotatable bonds is 3. The molecule has 5 rings (SSSR count). The minimum absolute atomic E-state index is 0.104. The van der Waals surface area contributed by atoms with Crippen molar-refractivity contribution in [3.05, 3.63) is 34.9 Å². The average Bonchev–Trinajstić information content (AvgIpc) is 3.00. The van der Waals surface area contributed by atoms with E-state index < -0.39 is 6.04 Å². The van der Waals surface area contributed by atoms with Gasteiger partial charge in [-0.2, -0.15) is 0 Å². The van der Waals surface area contributed by atoms with E-state index in [-0.39, 0.29) is 29.6 Å². The molecule has 4 aliphatic rings. The Morgan fingerprint density at radius 1 is 1.17 bits per heavy atom. The standard InChI is InChI=1S/C22H28N4O3/c23-18-7-10-25(13-22(18)8-2-9-22)11-14-3-1-4-15-16(14)12-26(21(15)29)17-5-6-19(27)24-20(17)28/h1,3-4,17-18H,2,5-13,23H2,(H,24,27,28). The highest BCUT2D eigenvalue weighted by Gasteiger charge is 2.46. The van der Waals surface area contributed by atoms with Gasteiger partial charge in [-0.25, -0.2) is 0 Å². The van der Waals surface area contributed by atoms with Gasteiger partial charge in [-0.05, 0) is 48.3 Å². The lowest BCUT2D eigenvalue weighted by Crippen LogP contribution is -2.58. The number of hydrogen-bond acceptors (Lipinski definition) is 5. The van der Waals surface area contributed by atoms with Crippen LogP contribution in [0.3, 0.4) is 0 Å². The van der Waals surface area contributed by atoms with E-state index in [1.54, 1.807) is 4.90 Å². The van der Waals surface area contributed by atoms with E-state index in [1.165, 1.54) is 19.3 Å². The van der Waals surface area contributed by atoms with Crippen molar-refractivity contribution >= 4 is 17.7 Å². The molecule has 29 heavy (non-hydrogen) atoms. The van der Waals surface area contributed by atoms with Crippen molar-refractivity contribution in [2.45, 2.75) is 63.7 Å². The van der Waals surface area contributed by atoms with E-state index >= 15 is 0 Å². The van der Waals surface area contributed by atoms with Gasteiger partial charge in [0.05, 0.1) is 0 Å². The van der Waals surface area contributed by atoms with Crippen molar-refractivity contribution < 1.29 is 14.4 Å². The maximum atomic E-state index is 13.0. The molecule has 1 aliphatic carbocycles. The van der Waals surface area contributed by atoms with Crippen LogP contribution in [0.25, 0.3) is 0 Å². The Labute approximate surface area is 170 Å². The highest BCUT2D eigenvalue weighted by Crippen LogP contribution is 2.47. The predicted molar refractivity (Wildman–Crippen MR) is 107 cm³/mol. The topological polar surface area (TPSA) is 95.7 Å². The first-order chi connectivity index (χ1) is 14.0. The summed E-state index contributed by atoms with van der Waals surface area (Å²) < 4.78 is 0. The van der Waals surface area contributed by atoms with Gasteiger partial charge in [0.25, 0.3) is 5.91 Å². The lowest BCUT2D eigenvalue weighted by atomic mass is 9.61. The fourth-order valence-corrected chi connectivity index (χ4v) is 5.60. The van der Waals surface area contributed by atoms with Gasteiger partial charge in [-0.3, -0.25) is 24.6 Å². The van der Waals surface area contributed by atoms with Crippen molar-refractivity contribution in [2.75, 3.05) is 13.1 Å². The lowest BCUT2D eigenvalue weighted by Gasteiger charge is -2.52.